The van der Waals surface area contributed by atoms with Gasteiger partial charge in [0.1, 0.15) is 6.04 Å². The predicted molar refractivity (Wildman–Crippen MR) is 69.6 cm³/mol. The molecular weight excluding hydrogens is 246 g/mol. The quantitative estimate of drug-likeness (QED) is 0.858. The molecular formula is C13H15N3O3. The molecule has 0 spiro atoms. The van der Waals surface area contributed by atoms with Gasteiger partial charge in [-0.3, -0.25) is 0 Å². The van der Waals surface area contributed by atoms with E-state index in [2.05, 4.69) is 15.5 Å². The molecule has 1 heterocycles. The third kappa shape index (κ3) is 3.09. The summed E-state index contributed by atoms with van der Waals surface area (Å²) in [7, 11) is 0. The maximum atomic E-state index is 11.1. The molecule has 0 amide bonds. The largest absolute Gasteiger partial charge is 0.480 e. The van der Waals surface area contributed by atoms with Crippen LogP contribution in [0, 0.1) is 5.92 Å². The Balaban J connectivity index is 2.16. The first-order chi connectivity index (χ1) is 9.08. The number of nitrogens with zero attached hydrogens (tertiary/aromatic N) is 2. The number of hydrogen-bond acceptors (Lipinski definition) is 5. The molecule has 0 fully saturated rings. The van der Waals surface area contributed by atoms with Crippen LogP contribution in [0.25, 0.3) is 11.5 Å². The fourth-order valence-electron chi connectivity index (χ4n) is 1.63. The first-order valence-electron chi connectivity index (χ1n) is 5.96. The first kappa shape index (κ1) is 13.1. The van der Waals surface area contributed by atoms with E-state index >= 15 is 0 Å². The lowest BCUT2D eigenvalue weighted by Crippen LogP contribution is -2.34. The minimum Gasteiger partial charge on any atom is -0.480 e. The van der Waals surface area contributed by atoms with E-state index in [9.17, 15) is 4.79 Å². The third-order valence-electron chi connectivity index (χ3n) is 2.66. The van der Waals surface area contributed by atoms with Crippen LogP contribution in [0.5, 0.6) is 0 Å². The monoisotopic (exact) mass is 261 g/mol. The summed E-state index contributed by atoms with van der Waals surface area (Å²) in [5, 5.41) is 15.6. The molecule has 0 aliphatic heterocycles. The Morgan fingerprint density at radius 1 is 1.32 bits per heavy atom. The van der Waals surface area contributed by atoms with E-state index in [-0.39, 0.29) is 11.9 Å². The molecule has 1 aromatic carbocycles. The maximum Gasteiger partial charge on any atom is 0.326 e. The zero-order valence-corrected chi connectivity index (χ0v) is 10.7. The Labute approximate surface area is 110 Å². The highest BCUT2D eigenvalue weighted by atomic mass is 16.5. The summed E-state index contributed by atoms with van der Waals surface area (Å²) < 4.78 is 5.09. The van der Waals surface area contributed by atoms with Crippen LogP contribution < -0.4 is 5.32 Å². The molecule has 6 nitrogen and oxygen atoms in total. The summed E-state index contributed by atoms with van der Waals surface area (Å²) in [6, 6.07) is 8.55. The molecule has 6 heteroatoms. The molecule has 2 aromatic rings. The zero-order valence-electron chi connectivity index (χ0n) is 10.7. The molecule has 19 heavy (non-hydrogen) atoms. The number of anilines is 1. The number of aromatic nitrogens is 2. The van der Waals surface area contributed by atoms with Gasteiger partial charge in [0.25, 0.3) is 11.8 Å². The van der Waals surface area contributed by atoms with E-state index < -0.39 is 12.0 Å². The first-order valence-corrected chi connectivity index (χ1v) is 5.96. The van der Waals surface area contributed by atoms with Crippen molar-refractivity contribution in [3.8, 4) is 11.5 Å². The van der Waals surface area contributed by atoms with Crippen LogP contribution in [0.4, 0.5) is 5.95 Å². The molecule has 0 saturated carbocycles. The van der Waals surface area contributed by atoms with E-state index in [1.54, 1.807) is 0 Å². The van der Waals surface area contributed by atoms with Gasteiger partial charge < -0.3 is 14.9 Å². The Bertz CT molecular complexity index is 551. The van der Waals surface area contributed by atoms with E-state index in [1.807, 2.05) is 44.2 Å². The van der Waals surface area contributed by atoms with Crippen LogP contribution in [-0.2, 0) is 4.79 Å². The lowest BCUT2D eigenvalue weighted by atomic mass is 10.1. The topological polar surface area (TPSA) is 88.3 Å². The number of carboxylic acid groups (broad SMARTS) is 1. The number of hydrogen-bond donors (Lipinski definition) is 2. The minimum absolute atomic E-state index is 0.0869. The van der Waals surface area contributed by atoms with Crippen LogP contribution in [-0.4, -0.2) is 27.3 Å². The van der Waals surface area contributed by atoms with Crippen molar-refractivity contribution in [3.05, 3.63) is 30.3 Å². The minimum atomic E-state index is -0.943. The van der Waals surface area contributed by atoms with Gasteiger partial charge >= 0.3 is 5.97 Å². The normalized spacial score (nSPS) is 12.4. The summed E-state index contributed by atoms with van der Waals surface area (Å²) in [4.78, 5) is 15.2. The Hall–Kier alpha value is -2.37. The lowest BCUT2D eigenvalue weighted by molar-refractivity contribution is -0.138. The van der Waals surface area contributed by atoms with Crippen LogP contribution in [0.2, 0.25) is 0 Å². The standard InChI is InChI=1S/C13H15N3O3/c1-8(2)10(12(17)18)14-13-15-11(19-16-13)9-6-4-3-5-7-9/h3-8,10H,1-2H3,(H,14,16)(H,17,18)/t10-/m0/s1. The van der Waals surface area contributed by atoms with Crippen molar-refractivity contribution < 1.29 is 14.4 Å². The molecule has 100 valence electrons. The average molecular weight is 261 g/mol. The predicted octanol–water partition coefficient (Wildman–Crippen LogP) is 2.26. The van der Waals surface area contributed by atoms with Crippen molar-refractivity contribution in [2.75, 3.05) is 5.32 Å². The third-order valence-corrected chi connectivity index (χ3v) is 2.66. The number of benzene rings is 1. The number of aliphatic carboxylic acids is 1. The number of nitrogens with one attached hydrogen (secondary N) is 1. The van der Waals surface area contributed by atoms with E-state index in [0.717, 1.165) is 5.56 Å². The highest BCUT2D eigenvalue weighted by molar-refractivity contribution is 5.76. The smallest absolute Gasteiger partial charge is 0.326 e. The molecule has 0 aliphatic carbocycles. The molecule has 2 N–H and O–H groups in total. The van der Waals surface area contributed by atoms with Crippen molar-refractivity contribution >= 4 is 11.9 Å². The lowest BCUT2D eigenvalue weighted by Gasteiger charge is -2.15. The summed E-state index contributed by atoms with van der Waals surface area (Å²) in [6.07, 6.45) is 0. The van der Waals surface area contributed by atoms with Gasteiger partial charge in [-0.1, -0.05) is 32.0 Å². The summed E-state index contributed by atoms with van der Waals surface area (Å²) in [5.41, 5.74) is 0.791. The van der Waals surface area contributed by atoms with Gasteiger partial charge in [0, 0.05) is 5.56 Å². The second-order valence-electron chi connectivity index (χ2n) is 4.49. The SMILES string of the molecule is CC(C)[C@H](Nc1noc(-c2ccccc2)n1)C(=O)O. The van der Waals surface area contributed by atoms with Crippen molar-refractivity contribution in [1.82, 2.24) is 10.1 Å². The van der Waals surface area contributed by atoms with Gasteiger partial charge in [0.15, 0.2) is 0 Å². The highest BCUT2D eigenvalue weighted by Gasteiger charge is 2.23. The fourth-order valence-corrected chi connectivity index (χ4v) is 1.63. The zero-order chi connectivity index (χ0) is 13.8. The summed E-state index contributed by atoms with van der Waals surface area (Å²) >= 11 is 0. The van der Waals surface area contributed by atoms with E-state index in [0.29, 0.717) is 5.89 Å². The molecule has 1 atom stereocenters. The number of rotatable bonds is 5. The number of carbonyl (C=O) groups is 1. The molecule has 0 saturated heterocycles. The van der Waals surface area contributed by atoms with Crippen LogP contribution in [0.15, 0.2) is 34.9 Å². The van der Waals surface area contributed by atoms with Crippen molar-refractivity contribution in [2.45, 2.75) is 19.9 Å². The second kappa shape index (κ2) is 5.51. The second-order valence-corrected chi connectivity index (χ2v) is 4.49. The fraction of sp³-hybridized carbons (Fsp3) is 0.308. The summed E-state index contributed by atoms with van der Waals surface area (Å²) in [6.45, 7) is 3.62. The van der Waals surface area contributed by atoms with Gasteiger partial charge in [0.05, 0.1) is 0 Å². The highest BCUT2D eigenvalue weighted by Crippen LogP contribution is 2.18. The molecule has 0 aliphatic rings. The van der Waals surface area contributed by atoms with Crippen molar-refractivity contribution in [2.24, 2.45) is 5.92 Å². The van der Waals surface area contributed by atoms with Gasteiger partial charge in [-0.25, -0.2) is 4.79 Å². The van der Waals surface area contributed by atoms with E-state index in [4.69, 9.17) is 9.63 Å². The summed E-state index contributed by atoms with van der Waals surface area (Å²) in [5.74, 6) is -0.492. The Kier molecular flexibility index (Phi) is 3.79. The van der Waals surface area contributed by atoms with Gasteiger partial charge in [0.2, 0.25) is 0 Å². The van der Waals surface area contributed by atoms with Gasteiger partial charge in [-0.15, -0.1) is 0 Å². The number of carboxylic acids is 1. The van der Waals surface area contributed by atoms with Crippen molar-refractivity contribution in [3.63, 3.8) is 0 Å². The molecule has 0 radical (unpaired) electrons. The molecule has 0 bridgehead atoms. The van der Waals surface area contributed by atoms with Crippen LogP contribution >= 0.6 is 0 Å². The molecule has 0 unspecified atom stereocenters. The Morgan fingerprint density at radius 3 is 2.58 bits per heavy atom. The molecule has 1 aromatic heterocycles. The van der Waals surface area contributed by atoms with Gasteiger partial charge in [-0.05, 0) is 23.2 Å². The van der Waals surface area contributed by atoms with Gasteiger partial charge in [-0.2, -0.15) is 4.98 Å². The Morgan fingerprint density at radius 2 is 2.00 bits per heavy atom. The van der Waals surface area contributed by atoms with Crippen molar-refractivity contribution in [1.29, 1.82) is 0 Å². The van der Waals surface area contributed by atoms with Crippen LogP contribution in [0.1, 0.15) is 13.8 Å². The average Bonchev–Trinajstić information content (AvgIpc) is 2.85. The van der Waals surface area contributed by atoms with Crippen LogP contribution in [0.3, 0.4) is 0 Å². The molecule has 2 rings (SSSR count). The van der Waals surface area contributed by atoms with E-state index in [1.165, 1.54) is 0 Å². The maximum absolute atomic E-state index is 11.1.